The lowest BCUT2D eigenvalue weighted by molar-refractivity contribution is -0.245. The lowest BCUT2D eigenvalue weighted by atomic mass is 9.72. The summed E-state index contributed by atoms with van der Waals surface area (Å²) in [5.74, 6) is -2.28. The fraction of sp³-hybridized carbons (Fsp3) is 0.447. The van der Waals surface area contributed by atoms with E-state index in [-0.39, 0.29) is 77.2 Å². The van der Waals surface area contributed by atoms with E-state index in [9.17, 15) is 34.6 Å². The Morgan fingerprint density at radius 3 is 2.36 bits per heavy atom. The first-order valence-electron chi connectivity index (χ1n) is 18.0. The molecule has 7 atom stereocenters. The second-order valence-corrected chi connectivity index (χ2v) is 16.9. The Hall–Kier alpha value is -3.76. The van der Waals surface area contributed by atoms with Gasteiger partial charge < -0.3 is 44.9 Å². The minimum absolute atomic E-state index is 0.0145. The third kappa shape index (κ3) is 7.77. The Morgan fingerprint density at radius 1 is 1.07 bits per heavy atom. The molecule has 0 aromatic heterocycles. The molecule has 3 aromatic rings. The van der Waals surface area contributed by atoms with E-state index in [4.69, 9.17) is 47.7 Å². The number of phenolic OH excluding ortho intramolecular Hbond substituents is 2. The summed E-state index contributed by atoms with van der Waals surface area (Å²) >= 11 is 12.1. The van der Waals surface area contributed by atoms with E-state index >= 15 is 0 Å². The van der Waals surface area contributed by atoms with Crippen LogP contribution in [-0.2, 0) is 20.5 Å². The van der Waals surface area contributed by atoms with E-state index < -0.39 is 84.5 Å². The smallest absolute Gasteiger partial charge is 0.435 e. The van der Waals surface area contributed by atoms with E-state index in [2.05, 4.69) is 10.3 Å². The fourth-order valence-corrected chi connectivity index (χ4v) is 9.70. The summed E-state index contributed by atoms with van der Waals surface area (Å²) < 4.78 is 39.7. The molecule has 0 spiro atoms. The van der Waals surface area contributed by atoms with Gasteiger partial charge in [-0.2, -0.15) is 5.10 Å². The molecular weight excluding hydrogens is 790 g/mol. The zero-order valence-electron chi connectivity index (χ0n) is 31.2. The maximum Gasteiger partial charge on any atom is 0.435 e. The lowest BCUT2D eigenvalue weighted by Crippen LogP contribution is -2.52. The Kier molecular flexibility index (Phi) is 12.4. The molecule has 1 heterocycles. The molecule has 18 heteroatoms. The number of nitrogens with two attached hydrogens (primary N) is 1. The first kappa shape index (κ1) is 41.9. The van der Waals surface area contributed by atoms with Crippen molar-refractivity contribution in [2.45, 2.75) is 76.3 Å². The van der Waals surface area contributed by atoms with Crippen molar-refractivity contribution >= 4 is 48.2 Å². The van der Waals surface area contributed by atoms with Gasteiger partial charge in [0.2, 0.25) is 5.78 Å². The summed E-state index contributed by atoms with van der Waals surface area (Å²) in [6, 6.07) is 10.5. The van der Waals surface area contributed by atoms with Crippen LogP contribution in [0.1, 0.15) is 81.3 Å². The van der Waals surface area contributed by atoms with Gasteiger partial charge in [-0.1, -0.05) is 29.8 Å². The summed E-state index contributed by atoms with van der Waals surface area (Å²) in [5.41, 5.74) is 3.89. The van der Waals surface area contributed by atoms with Crippen LogP contribution in [0, 0.1) is 6.92 Å². The molecule has 6 rings (SSSR count). The molecule has 3 aromatic carbocycles. The van der Waals surface area contributed by atoms with Crippen LogP contribution in [0.15, 0.2) is 47.6 Å². The van der Waals surface area contributed by atoms with E-state index in [1.807, 2.05) is 6.92 Å². The summed E-state index contributed by atoms with van der Waals surface area (Å²) in [4.78, 5) is 28.1. The molecule has 15 nitrogen and oxygen atoms in total. The molecule has 0 saturated carbocycles. The normalized spacial score (nSPS) is 25.9. The number of nitrogens with zero attached hydrogens (tertiary/aromatic N) is 2. The average Bonchev–Trinajstić information content (AvgIpc) is 3.16. The number of ketones is 2. The minimum atomic E-state index is -4.11. The molecular formula is C38H45Cl2N4O11P. The number of fused-ring (bicyclic) bond motifs is 3. The number of hydrazone groups is 1. The molecule has 1 saturated heterocycles. The fourth-order valence-electron chi connectivity index (χ4n) is 7.36. The predicted molar refractivity (Wildman–Crippen MR) is 208 cm³/mol. The van der Waals surface area contributed by atoms with Gasteiger partial charge in [0.05, 0.1) is 47.8 Å². The SMILES string of the molecule is COc1cccc2c1C(=O)c1c(O)c3c(c(O)c1C2=O)C[C@@](O)(C(C)=NNP(=O)(Oc1ccc(C)cc1)N(CCCl)CCCl)C[C@@H]3O[C@H]1C[C@H](N)[C@H](O)[C@H](C)O1. The molecule has 0 amide bonds. The number of halogens is 2. The number of aryl methyl sites for hydroxylation is 1. The Morgan fingerprint density at radius 2 is 1.73 bits per heavy atom. The number of carbonyl (C=O) groups excluding carboxylic acids is 2. The quantitative estimate of drug-likeness (QED) is 0.0354. The van der Waals surface area contributed by atoms with Gasteiger partial charge in [-0.05, 0) is 39.0 Å². The number of aromatic hydroxyl groups is 2. The number of alkyl halides is 2. The highest BCUT2D eigenvalue weighted by Gasteiger charge is 2.49. The number of aliphatic hydroxyl groups excluding tert-OH is 1. The number of benzene rings is 3. The Balaban J connectivity index is 1.45. The van der Waals surface area contributed by atoms with Crippen LogP contribution in [0.2, 0.25) is 0 Å². The number of hydrogen-bond donors (Lipinski definition) is 6. The number of phenols is 2. The van der Waals surface area contributed by atoms with Crippen molar-refractivity contribution in [2.24, 2.45) is 10.8 Å². The van der Waals surface area contributed by atoms with Gasteiger partial charge in [-0.15, -0.1) is 23.2 Å². The van der Waals surface area contributed by atoms with Crippen molar-refractivity contribution in [1.29, 1.82) is 0 Å². The van der Waals surface area contributed by atoms with Gasteiger partial charge >= 0.3 is 7.67 Å². The number of ether oxygens (including phenoxy) is 3. The van der Waals surface area contributed by atoms with Crippen molar-refractivity contribution in [1.82, 2.24) is 9.87 Å². The highest BCUT2D eigenvalue weighted by atomic mass is 35.5. The van der Waals surface area contributed by atoms with Crippen molar-refractivity contribution in [3.05, 3.63) is 81.4 Å². The zero-order valence-corrected chi connectivity index (χ0v) is 33.6. The summed E-state index contributed by atoms with van der Waals surface area (Å²) in [6.07, 6.45) is -4.89. The highest BCUT2D eigenvalue weighted by Crippen LogP contribution is 2.53. The Bertz CT molecular complexity index is 2070. The van der Waals surface area contributed by atoms with Crippen LogP contribution in [-0.4, -0.2) is 104 Å². The van der Waals surface area contributed by atoms with E-state index in [0.717, 1.165) is 5.56 Å². The number of hydrogen-bond acceptors (Lipinski definition) is 13. The standard InChI is InChI=1S/C38H45Cl2N4O11P/c1-19-8-10-22(11-9-19)55-56(51,44(14-12-39)15-13-40)43-42-21(3)38(50)17-24-30(27(18-38)54-28-16-25(41)33(45)20(2)53-28)37(49)32-31(35(24)47)34(46)23-6-5-7-26(52-4)29(23)36(32)48/h5-11,20,25,27-28,33,45,47,49-50H,12-18,41H2,1-4H3,(H,43,51)/t20-,25-,27-,28-,33+,38-,56?/m0/s1. The molecule has 2 aliphatic carbocycles. The molecule has 1 unspecified atom stereocenters. The van der Waals surface area contributed by atoms with Gasteiger partial charge in [-0.3, -0.25) is 9.59 Å². The number of carbonyl (C=O) groups is 2. The van der Waals surface area contributed by atoms with Crippen LogP contribution >= 0.6 is 30.9 Å². The van der Waals surface area contributed by atoms with Gasteiger partial charge in [0.25, 0.3) is 0 Å². The highest BCUT2D eigenvalue weighted by molar-refractivity contribution is 7.54. The zero-order chi connectivity index (χ0) is 40.7. The maximum atomic E-state index is 14.6. The van der Waals surface area contributed by atoms with Crippen LogP contribution < -0.4 is 20.2 Å². The van der Waals surface area contributed by atoms with Gasteiger partial charge in [0, 0.05) is 66.8 Å². The maximum absolute atomic E-state index is 14.6. The summed E-state index contributed by atoms with van der Waals surface area (Å²) in [6.45, 7) is 5.15. The van der Waals surface area contributed by atoms with Gasteiger partial charge in [0.1, 0.15) is 28.6 Å². The number of nitrogens with one attached hydrogen (secondary N) is 1. The van der Waals surface area contributed by atoms with Crippen LogP contribution in [0.5, 0.6) is 23.0 Å². The molecule has 7 N–H and O–H groups in total. The molecule has 56 heavy (non-hydrogen) atoms. The number of aliphatic hydroxyl groups is 2. The minimum Gasteiger partial charge on any atom is -0.507 e. The molecule has 0 bridgehead atoms. The first-order chi connectivity index (χ1) is 26.6. The second-order valence-electron chi connectivity index (χ2n) is 14.1. The number of methoxy groups -OCH3 is 1. The lowest BCUT2D eigenvalue weighted by Gasteiger charge is -2.43. The van der Waals surface area contributed by atoms with Crippen LogP contribution in [0.25, 0.3) is 0 Å². The third-order valence-corrected chi connectivity index (χ3v) is 12.8. The van der Waals surface area contributed by atoms with E-state index in [0.29, 0.717) is 0 Å². The largest absolute Gasteiger partial charge is 0.507 e. The third-order valence-electron chi connectivity index (χ3n) is 10.5. The van der Waals surface area contributed by atoms with E-state index in [1.165, 1.54) is 36.9 Å². The predicted octanol–water partition coefficient (Wildman–Crippen LogP) is 4.68. The second kappa shape index (κ2) is 16.6. The molecule has 1 aliphatic heterocycles. The molecule has 0 radical (unpaired) electrons. The van der Waals surface area contributed by atoms with Crippen LogP contribution in [0.3, 0.4) is 0 Å². The monoisotopic (exact) mass is 834 g/mol. The molecule has 3 aliphatic rings. The first-order valence-corrected chi connectivity index (χ1v) is 20.6. The topological polar surface area (TPSA) is 223 Å². The summed E-state index contributed by atoms with van der Waals surface area (Å²) in [5, 5.41) is 53.8. The van der Waals surface area contributed by atoms with Crippen molar-refractivity contribution in [2.75, 3.05) is 32.0 Å². The Labute approximate surface area is 333 Å². The van der Waals surface area contributed by atoms with Gasteiger partial charge in [-0.25, -0.2) is 14.4 Å². The van der Waals surface area contributed by atoms with Crippen LogP contribution in [0.4, 0.5) is 0 Å². The van der Waals surface area contributed by atoms with Crippen molar-refractivity contribution in [3.8, 4) is 23.0 Å². The molecule has 302 valence electrons. The number of rotatable bonds is 13. The molecule has 1 fully saturated rings. The van der Waals surface area contributed by atoms with E-state index in [1.54, 1.807) is 31.2 Å². The van der Waals surface area contributed by atoms with Crippen molar-refractivity contribution < 1.29 is 53.3 Å². The van der Waals surface area contributed by atoms with Crippen molar-refractivity contribution in [3.63, 3.8) is 0 Å². The van der Waals surface area contributed by atoms with Gasteiger partial charge in [0.15, 0.2) is 12.1 Å². The average molecular weight is 836 g/mol. The summed E-state index contributed by atoms with van der Waals surface area (Å²) in [7, 11) is -2.77.